The zero-order valence-corrected chi connectivity index (χ0v) is 13.5. The van der Waals surface area contributed by atoms with Crippen molar-refractivity contribution in [1.82, 2.24) is 14.8 Å². The summed E-state index contributed by atoms with van der Waals surface area (Å²) < 4.78 is 1.96. The van der Waals surface area contributed by atoms with Crippen LogP contribution < -0.4 is 11.1 Å². The third kappa shape index (κ3) is 2.44. The lowest BCUT2D eigenvalue weighted by atomic mass is 10.1. The molecule has 0 saturated carbocycles. The summed E-state index contributed by atoms with van der Waals surface area (Å²) in [4.78, 5) is 26.0. The summed E-state index contributed by atoms with van der Waals surface area (Å²) in [6, 6.07) is 7.32. The number of nitrogens with zero attached hydrogens (tertiary/aromatic N) is 2. The molecular formula is C15H19N4O2P. The highest BCUT2D eigenvalue weighted by Gasteiger charge is 2.29. The van der Waals surface area contributed by atoms with Gasteiger partial charge in [-0.25, -0.2) is 0 Å². The van der Waals surface area contributed by atoms with Gasteiger partial charge in [-0.15, -0.1) is 9.24 Å². The molecule has 2 amide bonds. The molecule has 3 N–H and O–H groups in total. The predicted molar refractivity (Wildman–Crippen MR) is 89.7 cm³/mol. The van der Waals surface area contributed by atoms with Gasteiger partial charge in [0.2, 0.25) is 5.91 Å². The maximum Gasteiger partial charge on any atom is 0.268 e. The van der Waals surface area contributed by atoms with Crippen LogP contribution in [0, 0.1) is 0 Å². The van der Waals surface area contributed by atoms with Crippen molar-refractivity contribution >= 4 is 37.6 Å². The number of rotatable bonds is 3. The van der Waals surface area contributed by atoms with Crippen molar-refractivity contribution in [3.05, 3.63) is 30.0 Å². The van der Waals surface area contributed by atoms with Gasteiger partial charge in [0.05, 0.1) is 6.04 Å². The first-order chi connectivity index (χ1) is 10.5. The third-order valence-electron chi connectivity index (χ3n) is 4.07. The van der Waals surface area contributed by atoms with E-state index in [1.807, 2.05) is 28.8 Å². The number of hydrogen-bond acceptors (Lipinski definition) is 3. The zero-order chi connectivity index (χ0) is 15.9. The van der Waals surface area contributed by atoms with Gasteiger partial charge in [-0.05, 0) is 24.3 Å². The van der Waals surface area contributed by atoms with Gasteiger partial charge < -0.3 is 20.5 Å². The van der Waals surface area contributed by atoms with E-state index in [2.05, 4.69) is 14.6 Å². The number of hydrogen-bond donors (Lipinski definition) is 2. The number of anilines is 1. The molecular weight excluding hydrogens is 299 g/mol. The van der Waals surface area contributed by atoms with Gasteiger partial charge in [-0.3, -0.25) is 9.59 Å². The molecule has 0 saturated heterocycles. The standard InChI is InChI=1S/C15H19N4O2P/c1-18(8-22)14(20)6-11-7-17-15(21)13-5-9-4-10(16)2-3-12(9)19(11)13/h2-5,11H,6-8,16,22H2,1H3,(H,17,21). The maximum absolute atomic E-state index is 12.2. The van der Waals surface area contributed by atoms with Crippen LogP contribution in [0.25, 0.3) is 10.9 Å². The largest absolute Gasteiger partial charge is 0.399 e. The van der Waals surface area contributed by atoms with Crippen molar-refractivity contribution in [2.45, 2.75) is 12.5 Å². The van der Waals surface area contributed by atoms with Crippen LogP contribution in [0.4, 0.5) is 5.69 Å². The molecule has 1 aromatic carbocycles. The second-order valence-electron chi connectivity index (χ2n) is 5.56. The van der Waals surface area contributed by atoms with Gasteiger partial charge in [-0.1, -0.05) is 0 Å². The average molecular weight is 318 g/mol. The molecule has 0 bridgehead atoms. The average Bonchev–Trinajstić information content (AvgIpc) is 2.88. The van der Waals surface area contributed by atoms with Gasteiger partial charge in [0.1, 0.15) is 5.69 Å². The van der Waals surface area contributed by atoms with E-state index in [1.165, 1.54) is 0 Å². The molecule has 7 heteroatoms. The van der Waals surface area contributed by atoms with Crippen molar-refractivity contribution in [3.8, 4) is 0 Å². The molecule has 116 valence electrons. The Balaban J connectivity index is 2.03. The first-order valence-corrected chi connectivity index (χ1v) is 7.95. The molecule has 2 heterocycles. The van der Waals surface area contributed by atoms with E-state index >= 15 is 0 Å². The van der Waals surface area contributed by atoms with Crippen LogP contribution >= 0.6 is 9.24 Å². The van der Waals surface area contributed by atoms with Gasteiger partial charge in [0.15, 0.2) is 0 Å². The van der Waals surface area contributed by atoms with Crippen LogP contribution in [0.1, 0.15) is 23.0 Å². The van der Waals surface area contributed by atoms with Crippen molar-refractivity contribution < 1.29 is 9.59 Å². The SMILES string of the molecule is CN(CP)C(=O)CC1CNC(=O)c2cc3cc(N)ccc3n21. The number of nitrogens with one attached hydrogen (secondary N) is 1. The molecule has 0 aliphatic carbocycles. The topological polar surface area (TPSA) is 80.4 Å². The Morgan fingerprint density at radius 2 is 2.27 bits per heavy atom. The fraction of sp³-hybridized carbons (Fsp3) is 0.333. The summed E-state index contributed by atoms with van der Waals surface area (Å²) in [5.41, 5.74) is 7.99. The Labute approximate surface area is 130 Å². The molecule has 2 atom stereocenters. The Kier molecular flexibility index (Phi) is 3.79. The van der Waals surface area contributed by atoms with E-state index in [1.54, 1.807) is 11.9 Å². The van der Waals surface area contributed by atoms with Gasteiger partial charge in [0, 0.05) is 42.9 Å². The highest BCUT2D eigenvalue weighted by molar-refractivity contribution is 7.16. The van der Waals surface area contributed by atoms with Crippen LogP contribution in [0.15, 0.2) is 24.3 Å². The number of carbonyl (C=O) groups is 2. The van der Waals surface area contributed by atoms with E-state index in [9.17, 15) is 9.59 Å². The molecule has 2 aromatic rings. The Morgan fingerprint density at radius 1 is 1.50 bits per heavy atom. The van der Waals surface area contributed by atoms with E-state index < -0.39 is 0 Å². The molecule has 1 aliphatic heterocycles. The third-order valence-corrected chi connectivity index (χ3v) is 4.62. The highest BCUT2D eigenvalue weighted by atomic mass is 31.0. The van der Waals surface area contributed by atoms with Crippen molar-refractivity contribution in [3.63, 3.8) is 0 Å². The lowest BCUT2D eigenvalue weighted by Gasteiger charge is -2.28. The van der Waals surface area contributed by atoms with Crippen LogP contribution in [-0.4, -0.2) is 41.2 Å². The fourth-order valence-electron chi connectivity index (χ4n) is 2.84. The van der Waals surface area contributed by atoms with Crippen molar-refractivity contribution in [2.75, 3.05) is 25.6 Å². The smallest absolute Gasteiger partial charge is 0.268 e. The van der Waals surface area contributed by atoms with Gasteiger partial charge in [0.25, 0.3) is 5.91 Å². The number of aromatic nitrogens is 1. The van der Waals surface area contributed by atoms with Gasteiger partial charge in [-0.2, -0.15) is 0 Å². The van der Waals surface area contributed by atoms with Crippen LogP contribution in [0.5, 0.6) is 0 Å². The molecule has 0 radical (unpaired) electrons. The first kappa shape index (κ1) is 14.9. The zero-order valence-electron chi connectivity index (χ0n) is 12.4. The normalized spacial score (nSPS) is 17.2. The van der Waals surface area contributed by atoms with E-state index in [0.29, 0.717) is 30.6 Å². The molecule has 2 unspecified atom stereocenters. The predicted octanol–water partition coefficient (Wildman–Crippen LogP) is 1.19. The summed E-state index contributed by atoms with van der Waals surface area (Å²) in [6.45, 7) is 0.455. The van der Waals surface area contributed by atoms with E-state index in [4.69, 9.17) is 5.73 Å². The Morgan fingerprint density at radius 3 is 3.00 bits per heavy atom. The number of carbonyl (C=O) groups excluding carboxylic acids is 2. The van der Waals surface area contributed by atoms with E-state index in [0.717, 1.165) is 10.9 Å². The first-order valence-electron chi connectivity index (χ1n) is 7.14. The Hall–Kier alpha value is -2.07. The maximum atomic E-state index is 12.2. The van der Waals surface area contributed by atoms with Crippen LogP contribution in [0.2, 0.25) is 0 Å². The molecule has 0 fully saturated rings. The van der Waals surface area contributed by atoms with Crippen molar-refractivity contribution in [2.24, 2.45) is 0 Å². The monoisotopic (exact) mass is 318 g/mol. The minimum atomic E-state index is -0.113. The quantitative estimate of drug-likeness (QED) is 0.659. The fourth-order valence-corrected chi connectivity index (χ4v) is 3.04. The highest BCUT2D eigenvalue weighted by Crippen LogP contribution is 2.30. The van der Waals surface area contributed by atoms with Crippen LogP contribution in [0.3, 0.4) is 0 Å². The van der Waals surface area contributed by atoms with E-state index in [-0.39, 0.29) is 17.9 Å². The minimum Gasteiger partial charge on any atom is -0.399 e. The molecule has 3 rings (SSSR count). The number of nitrogens with two attached hydrogens (primary N) is 1. The lowest BCUT2D eigenvalue weighted by molar-refractivity contribution is -0.129. The summed E-state index contributed by atoms with van der Waals surface area (Å²) in [5.74, 6) is -0.0581. The number of nitrogen functional groups attached to an aromatic ring is 1. The van der Waals surface area contributed by atoms with Gasteiger partial charge >= 0.3 is 0 Å². The number of amides is 2. The van der Waals surface area contributed by atoms with Crippen molar-refractivity contribution in [1.29, 1.82) is 0 Å². The Bertz CT molecular complexity index is 755. The molecule has 1 aliphatic rings. The summed E-state index contributed by atoms with van der Waals surface area (Å²) in [5, 5.41) is 3.78. The molecule has 1 aromatic heterocycles. The minimum absolute atomic E-state index is 0.0550. The van der Waals surface area contributed by atoms with Crippen LogP contribution in [-0.2, 0) is 4.79 Å². The second-order valence-corrected chi connectivity index (χ2v) is 5.93. The molecule has 22 heavy (non-hydrogen) atoms. The lowest BCUT2D eigenvalue weighted by Crippen LogP contribution is -2.41. The number of benzene rings is 1. The summed E-state index contributed by atoms with van der Waals surface area (Å²) in [7, 11) is 4.31. The summed E-state index contributed by atoms with van der Waals surface area (Å²) in [6.07, 6.45) is 0.945. The summed E-state index contributed by atoms with van der Waals surface area (Å²) >= 11 is 0. The molecule has 6 nitrogen and oxygen atoms in total. The molecule has 0 spiro atoms. The number of fused-ring (bicyclic) bond motifs is 3. The second kappa shape index (κ2) is 5.61.